The average Bonchev–Trinajstić information content (AvgIpc) is 3.00. The second-order valence-electron chi connectivity index (χ2n) is 6.91. The van der Waals surface area contributed by atoms with Gasteiger partial charge in [0, 0.05) is 31.7 Å². The molecule has 0 spiro atoms. The number of sulfonamides is 1. The molecular formula is C18H26N2O3S. The minimum absolute atomic E-state index is 0.1000. The third kappa shape index (κ3) is 3.22. The molecule has 0 atom stereocenters. The molecule has 1 amide bonds. The van der Waals surface area contributed by atoms with Crippen LogP contribution in [0.25, 0.3) is 0 Å². The quantitative estimate of drug-likeness (QED) is 0.838. The van der Waals surface area contributed by atoms with E-state index in [4.69, 9.17) is 0 Å². The van der Waals surface area contributed by atoms with E-state index < -0.39 is 10.0 Å². The summed E-state index contributed by atoms with van der Waals surface area (Å²) in [4.78, 5) is 14.0. The zero-order valence-electron chi connectivity index (χ0n) is 14.5. The van der Waals surface area contributed by atoms with Gasteiger partial charge in [-0.15, -0.1) is 0 Å². The van der Waals surface area contributed by atoms with E-state index in [1.807, 2.05) is 13.0 Å². The number of carbonyl (C=O) groups excluding carboxylic acids is 1. The van der Waals surface area contributed by atoms with Crippen molar-refractivity contribution < 1.29 is 13.2 Å². The van der Waals surface area contributed by atoms with Gasteiger partial charge in [-0.25, -0.2) is 8.42 Å². The van der Waals surface area contributed by atoms with Gasteiger partial charge < -0.3 is 4.90 Å². The van der Waals surface area contributed by atoms with Crippen LogP contribution in [-0.2, 0) is 14.8 Å². The van der Waals surface area contributed by atoms with Crippen molar-refractivity contribution in [3.05, 3.63) is 23.8 Å². The van der Waals surface area contributed by atoms with Crippen LogP contribution in [0, 0.1) is 6.92 Å². The first-order valence-corrected chi connectivity index (χ1v) is 10.2. The van der Waals surface area contributed by atoms with Gasteiger partial charge in [-0.2, -0.15) is 4.31 Å². The molecule has 0 radical (unpaired) electrons. The van der Waals surface area contributed by atoms with Crippen LogP contribution in [0.15, 0.2) is 23.1 Å². The Balaban J connectivity index is 1.86. The Hall–Kier alpha value is -1.40. The van der Waals surface area contributed by atoms with Gasteiger partial charge in [-0.1, -0.05) is 19.3 Å². The summed E-state index contributed by atoms with van der Waals surface area (Å²) in [7, 11) is -1.80. The van der Waals surface area contributed by atoms with Gasteiger partial charge >= 0.3 is 0 Å². The van der Waals surface area contributed by atoms with E-state index in [0.717, 1.165) is 37.8 Å². The molecule has 2 fully saturated rings. The van der Waals surface area contributed by atoms with Crippen LogP contribution in [-0.4, -0.2) is 38.3 Å². The largest absolute Gasteiger partial charge is 0.312 e. The van der Waals surface area contributed by atoms with Gasteiger partial charge in [-0.05, 0) is 49.9 Å². The number of anilines is 1. The van der Waals surface area contributed by atoms with Crippen LogP contribution < -0.4 is 4.90 Å². The SMILES string of the molecule is Cc1cc(N2CCCC2=O)ccc1S(=O)(=O)N(C)C1CCCCC1. The molecule has 1 saturated carbocycles. The summed E-state index contributed by atoms with van der Waals surface area (Å²) in [6, 6.07) is 5.34. The molecule has 6 heteroatoms. The van der Waals surface area contributed by atoms with Crippen LogP contribution in [0.5, 0.6) is 0 Å². The number of amides is 1. The number of rotatable bonds is 4. The lowest BCUT2D eigenvalue weighted by Crippen LogP contribution is -2.38. The van der Waals surface area contributed by atoms with Crippen LogP contribution in [0.4, 0.5) is 5.69 Å². The van der Waals surface area contributed by atoms with Crippen molar-refractivity contribution in [3.63, 3.8) is 0 Å². The van der Waals surface area contributed by atoms with Gasteiger partial charge in [0.25, 0.3) is 0 Å². The number of nitrogens with zero attached hydrogens (tertiary/aromatic N) is 2. The molecule has 24 heavy (non-hydrogen) atoms. The predicted octanol–water partition coefficient (Wildman–Crippen LogP) is 3.08. The molecule has 0 unspecified atom stereocenters. The second kappa shape index (κ2) is 6.84. The monoisotopic (exact) mass is 350 g/mol. The van der Waals surface area contributed by atoms with Crippen molar-refractivity contribution in [1.82, 2.24) is 4.31 Å². The Morgan fingerprint density at radius 2 is 1.83 bits per heavy atom. The summed E-state index contributed by atoms with van der Waals surface area (Å²) < 4.78 is 27.5. The van der Waals surface area contributed by atoms with Crippen molar-refractivity contribution >= 4 is 21.6 Å². The molecule has 1 aromatic carbocycles. The fourth-order valence-electron chi connectivity index (χ4n) is 3.81. The van der Waals surface area contributed by atoms with Crippen LogP contribution in [0.3, 0.4) is 0 Å². The highest BCUT2D eigenvalue weighted by Gasteiger charge is 2.30. The molecule has 0 aromatic heterocycles. The first-order valence-electron chi connectivity index (χ1n) is 8.80. The van der Waals surface area contributed by atoms with Crippen molar-refractivity contribution in [2.45, 2.75) is 62.8 Å². The minimum Gasteiger partial charge on any atom is -0.312 e. The summed E-state index contributed by atoms with van der Waals surface area (Å²) in [5.74, 6) is 0.115. The third-order valence-electron chi connectivity index (χ3n) is 5.29. The molecule has 1 aliphatic heterocycles. The first-order chi connectivity index (χ1) is 11.4. The molecule has 0 bridgehead atoms. The van der Waals surface area contributed by atoms with Crippen molar-refractivity contribution in [1.29, 1.82) is 0 Å². The highest BCUT2D eigenvalue weighted by molar-refractivity contribution is 7.89. The number of carbonyl (C=O) groups is 1. The Kier molecular flexibility index (Phi) is 4.97. The van der Waals surface area contributed by atoms with Crippen molar-refractivity contribution in [2.75, 3.05) is 18.5 Å². The van der Waals surface area contributed by atoms with Gasteiger partial charge in [0.1, 0.15) is 0 Å². The van der Waals surface area contributed by atoms with Crippen molar-refractivity contribution in [3.8, 4) is 0 Å². The molecule has 132 valence electrons. The number of hydrogen-bond donors (Lipinski definition) is 0. The molecule has 1 saturated heterocycles. The van der Waals surface area contributed by atoms with E-state index in [2.05, 4.69) is 0 Å². The summed E-state index contributed by atoms with van der Waals surface area (Å²) in [6.45, 7) is 2.53. The topological polar surface area (TPSA) is 57.7 Å². The third-order valence-corrected chi connectivity index (χ3v) is 7.36. The maximum Gasteiger partial charge on any atom is 0.243 e. The molecule has 2 aliphatic rings. The highest BCUT2D eigenvalue weighted by atomic mass is 32.2. The van der Waals surface area contributed by atoms with E-state index in [-0.39, 0.29) is 11.9 Å². The van der Waals surface area contributed by atoms with E-state index >= 15 is 0 Å². The molecule has 1 heterocycles. The minimum atomic E-state index is -3.49. The molecule has 0 N–H and O–H groups in total. The Morgan fingerprint density at radius 1 is 1.12 bits per heavy atom. The summed E-state index contributed by atoms with van der Waals surface area (Å²) in [5.41, 5.74) is 1.50. The van der Waals surface area contributed by atoms with E-state index in [0.29, 0.717) is 23.4 Å². The lowest BCUT2D eigenvalue weighted by atomic mass is 9.96. The van der Waals surface area contributed by atoms with Crippen LogP contribution in [0.2, 0.25) is 0 Å². The highest BCUT2D eigenvalue weighted by Crippen LogP contribution is 2.30. The maximum absolute atomic E-state index is 13.0. The fourth-order valence-corrected chi connectivity index (χ4v) is 5.43. The molecule has 5 nitrogen and oxygen atoms in total. The van der Waals surface area contributed by atoms with E-state index in [9.17, 15) is 13.2 Å². The Morgan fingerprint density at radius 3 is 2.42 bits per heavy atom. The van der Waals surface area contributed by atoms with Crippen LogP contribution in [0.1, 0.15) is 50.5 Å². The lowest BCUT2D eigenvalue weighted by molar-refractivity contribution is -0.117. The fraction of sp³-hybridized carbons (Fsp3) is 0.611. The molecule has 3 rings (SSSR count). The summed E-state index contributed by atoms with van der Waals surface area (Å²) >= 11 is 0. The van der Waals surface area contributed by atoms with E-state index in [1.165, 1.54) is 6.42 Å². The van der Waals surface area contributed by atoms with Gasteiger partial charge in [-0.3, -0.25) is 4.79 Å². The lowest BCUT2D eigenvalue weighted by Gasteiger charge is -2.31. The smallest absolute Gasteiger partial charge is 0.243 e. The standard InChI is InChI=1S/C18H26N2O3S/c1-14-13-16(20-12-6-9-18(20)21)10-11-17(14)24(22,23)19(2)15-7-4-3-5-8-15/h10-11,13,15H,3-9,12H2,1-2H3. The second-order valence-corrected chi connectivity index (χ2v) is 8.88. The average molecular weight is 350 g/mol. The summed E-state index contributed by atoms with van der Waals surface area (Å²) in [6.07, 6.45) is 6.71. The normalized spacial score (nSPS) is 20.1. The van der Waals surface area contributed by atoms with Crippen molar-refractivity contribution in [2.24, 2.45) is 0 Å². The first kappa shape index (κ1) is 17.4. The number of aryl methyl sites for hydroxylation is 1. The predicted molar refractivity (Wildman–Crippen MR) is 94.6 cm³/mol. The number of benzene rings is 1. The van der Waals surface area contributed by atoms with E-state index in [1.54, 1.807) is 28.4 Å². The van der Waals surface area contributed by atoms with Gasteiger partial charge in [0.2, 0.25) is 15.9 Å². The van der Waals surface area contributed by atoms with Gasteiger partial charge in [0.15, 0.2) is 0 Å². The summed E-state index contributed by atoms with van der Waals surface area (Å²) in [5, 5.41) is 0. The molecular weight excluding hydrogens is 324 g/mol. The molecule has 1 aliphatic carbocycles. The Labute approximate surface area is 144 Å². The van der Waals surface area contributed by atoms with Crippen LogP contribution >= 0.6 is 0 Å². The zero-order chi connectivity index (χ0) is 17.3. The van der Waals surface area contributed by atoms with Gasteiger partial charge in [0.05, 0.1) is 4.90 Å². The molecule has 1 aromatic rings. The maximum atomic E-state index is 13.0. The zero-order valence-corrected chi connectivity index (χ0v) is 15.3. The number of hydrogen-bond acceptors (Lipinski definition) is 3. The Bertz CT molecular complexity index is 724.